The van der Waals surface area contributed by atoms with Gasteiger partial charge in [-0.05, 0) is 78.6 Å². The van der Waals surface area contributed by atoms with Gasteiger partial charge in [-0.3, -0.25) is 39.1 Å². The van der Waals surface area contributed by atoms with Crippen LogP contribution in [-0.4, -0.2) is 80.9 Å². The molecule has 4 heterocycles. The van der Waals surface area contributed by atoms with Gasteiger partial charge in [0.25, 0.3) is 11.8 Å². The summed E-state index contributed by atoms with van der Waals surface area (Å²) in [5, 5.41) is 16.3. The van der Waals surface area contributed by atoms with Crippen molar-refractivity contribution >= 4 is 23.6 Å². The summed E-state index contributed by atoms with van der Waals surface area (Å²) in [5.74, 6) is -1.48. The summed E-state index contributed by atoms with van der Waals surface area (Å²) in [6, 6.07) is 14.1. The zero-order chi connectivity index (χ0) is 33.9. The number of aromatic nitrogens is 3. The first-order valence-electron chi connectivity index (χ1n) is 16.5. The number of pyridine rings is 1. The molecule has 0 radical (unpaired) electrons. The molecule has 0 spiro atoms. The lowest BCUT2D eigenvalue weighted by molar-refractivity contribution is -0.136. The fraction of sp³-hybridized carbons (Fsp3) is 0.333. The molecule has 2 aliphatic heterocycles. The highest BCUT2D eigenvalue weighted by atomic mass is 16.5. The molecule has 0 saturated carbocycles. The van der Waals surface area contributed by atoms with Gasteiger partial charge < -0.3 is 14.7 Å². The molecule has 2 aromatic heterocycles. The molecule has 252 valence electrons. The highest BCUT2D eigenvalue weighted by Gasteiger charge is 2.44. The number of aryl methyl sites for hydroxylation is 2. The molecule has 13 nitrogen and oxygen atoms in total. The largest absolute Gasteiger partial charge is 0.491 e. The van der Waals surface area contributed by atoms with Crippen LogP contribution in [0.15, 0.2) is 67.1 Å². The molecule has 2 unspecified atom stereocenters. The fourth-order valence-electron chi connectivity index (χ4n) is 6.85. The Labute approximate surface area is 282 Å². The normalized spacial score (nSPS) is 18.5. The van der Waals surface area contributed by atoms with Crippen molar-refractivity contribution in [2.75, 3.05) is 26.4 Å². The number of fused-ring (bicyclic) bond motifs is 2. The van der Waals surface area contributed by atoms with E-state index in [-0.39, 0.29) is 30.6 Å². The smallest absolute Gasteiger partial charge is 0.262 e. The lowest BCUT2D eigenvalue weighted by Crippen LogP contribution is -2.54. The minimum Gasteiger partial charge on any atom is -0.491 e. The van der Waals surface area contributed by atoms with E-state index in [1.165, 1.54) is 23.3 Å². The van der Waals surface area contributed by atoms with Gasteiger partial charge in [-0.15, -0.1) is 0 Å². The number of piperidine rings is 1. The van der Waals surface area contributed by atoms with E-state index in [4.69, 9.17) is 14.6 Å². The standard InChI is InChI=1S/C36H36N6O7/c43-32-9-8-31(34(44)39-32)42-35(45)28-7-5-26(19-29(28)36(42)46)49-17-16-48-15-1-14-41-21-30(33(40-41)22-10-12-37-13-11-22)24-4-6-27-23(18-24)2-3-25(27)20-38-47/h4-7,10-13,18-19,21,25,31,38,47H,1-3,8-9,14-17,20H2,(H,39,43,44). The van der Waals surface area contributed by atoms with E-state index in [1.54, 1.807) is 18.5 Å². The maximum Gasteiger partial charge on any atom is 0.262 e. The minimum absolute atomic E-state index is 0.0644. The Hall–Kier alpha value is -5.24. The number of benzene rings is 2. The molecule has 2 aromatic carbocycles. The highest BCUT2D eigenvalue weighted by Crippen LogP contribution is 2.38. The van der Waals surface area contributed by atoms with Crippen molar-refractivity contribution in [3.05, 3.63) is 89.4 Å². The number of rotatable bonds is 13. The third-order valence-corrected chi connectivity index (χ3v) is 9.29. The number of carbonyl (C=O) groups is 4. The predicted molar refractivity (Wildman–Crippen MR) is 176 cm³/mol. The maximum absolute atomic E-state index is 13.1. The Kier molecular flexibility index (Phi) is 9.29. The molecule has 1 saturated heterocycles. The topological polar surface area (TPSA) is 165 Å². The molecule has 13 heteroatoms. The Balaban J connectivity index is 0.922. The van der Waals surface area contributed by atoms with E-state index in [0.29, 0.717) is 38.0 Å². The number of imide groups is 2. The number of ether oxygens (including phenoxy) is 2. The highest BCUT2D eigenvalue weighted by molar-refractivity contribution is 6.23. The maximum atomic E-state index is 13.1. The zero-order valence-electron chi connectivity index (χ0n) is 26.8. The number of nitrogens with one attached hydrogen (secondary N) is 2. The van der Waals surface area contributed by atoms with Gasteiger partial charge in [0.15, 0.2) is 0 Å². The Morgan fingerprint density at radius 2 is 1.71 bits per heavy atom. The first kappa shape index (κ1) is 32.3. The first-order chi connectivity index (χ1) is 23.9. The lowest BCUT2D eigenvalue weighted by atomic mass is 9.96. The molecule has 2 atom stereocenters. The van der Waals surface area contributed by atoms with Crippen LogP contribution in [0, 0.1) is 0 Å². The van der Waals surface area contributed by atoms with Gasteiger partial charge >= 0.3 is 0 Å². The number of hydrogen-bond acceptors (Lipinski definition) is 10. The molecule has 1 fully saturated rings. The van der Waals surface area contributed by atoms with Gasteiger partial charge in [-0.2, -0.15) is 5.10 Å². The van der Waals surface area contributed by atoms with Crippen molar-refractivity contribution in [3.8, 4) is 28.1 Å². The second kappa shape index (κ2) is 14.1. The fourth-order valence-corrected chi connectivity index (χ4v) is 6.85. The van der Waals surface area contributed by atoms with E-state index >= 15 is 0 Å². The van der Waals surface area contributed by atoms with Gasteiger partial charge in [0.2, 0.25) is 11.8 Å². The minimum atomic E-state index is -1.01. The molecule has 3 aliphatic rings. The van der Waals surface area contributed by atoms with Gasteiger partial charge in [0.05, 0.1) is 17.7 Å². The summed E-state index contributed by atoms with van der Waals surface area (Å²) in [4.78, 5) is 54.9. The molecule has 0 bridgehead atoms. The SMILES string of the molecule is O=C1CCC(N2C(=O)c3ccc(OCCOCCCn4cc(-c5ccc6c(c5)CCC6CNO)c(-c5ccncc5)n4)cc3C2=O)C(=O)N1. The Morgan fingerprint density at radius 1 is 0.878 bits per heavy atom. The van der Waals surface area contributed by atoms with Crippen LogP contribution in [-0.2, 0) is 27.3 Å². The summed E-state index contributed by atoms with van der Waals surface area (Å²) < 4.78 is 13.5. The lowest BCUT2D eigenvalue weighted by Gasteiger charge is -2.27. The van der Waals surface area contributed by atoms with Gasteiger partial charge in [-0.1, -0.05) is 18.2 Å². The van der Waals surface area contributed by atoms with Crippen LogP contribution in [0.1, 0.15) is 63.4 Å². The third kappa shape index (κ3) is 6.60. The van der Waals surface area contributed by atoms with Crippen LogP contribution in [0.25, 0.3) is 22.4 Å². The molecule has 4 aromatic rings. The average Bonchev–Trinajstić information content (AvgIpc) is 3.79. The van der Waals surface area contributed by atoms with E-state index in [2.05, 4.69) is 40.2 Å². The zero-order valence-corrected chi connectivity index (χ0v) is 26.8. The third-order valence-electron chi connectivity index (χ3n) is 9.29. The van der Waals surface area contributed by atoms with E-state index in [1.807, 2.05) is 16.8 Å². The van der Waals surface area contributed by atoms with Crippen LogP contribution >= 0.6 is 0 Å². The number of carbonyl (C=O) groups excluding carboxylic acids is 4. The second-order valence-electron chi connectivity index (χ2n) is 12.4. The van der Waals surface area contributed by atoms with Crippen molar-refractivity contribution in [1.82, 2.24) is 30.5 Å². The van der Waals surface area contributed by atoms with Crippen LogP contribution < -0.4 is 15.5 Å². The van der Waals surface area contributed by atoms with Crippen molar-refractivity contribution in [2.24, 2.45) is 0 Å². The van der Waals surface area contributed by atoms with Crippen LogP contribution in [0.5, 0.6) is 5.75 Å². The molecule has 7 rings (SSSR count). The van der Waals surface area contributed by atoms with E-state index in [9.17, 15) is 24.4 Å². The van der Waals surface area contributed by atoms with Crippen LogP contribution in [0.2, 0.25) is 0 Å². The van der Waals surface area contributed by atoms with Crippen molar-refractivity contribution < 1.29 is 33.9 Å². The van der Waals surface area contributed by atoms with Gasteiger partial charge in [0.1, 0.15) is 24.1 Å². The van der Waals surface area contributed by atoms with Gasteiger partial charge in [-0.25, -0.2) is 5.48 Å². The quantitative estimate of drug-likeness (QED) is 0.109. The summed E-state index contributed by atoms with van der Waals surface area (Å²) in [7, 11) is 0. The second-order valence-corrected chi connectivity index (χ2v) is 12.4. The number of hydrogen-bond donors (Lipinski definition) is 3. The van der Waals surface area contributed by atoms with Crippen molar-refractivity contribution in [1.29, 1.82) is 0 Å². The van der Waals surface area contributed by atoms with Gasteiger partial charge in [0, 0.05) is 55.8 Å². The summed E-state index contributed by atoms with van der Waals surface area (Å²) in [6.07, 6.45) is 8.47. The molecular formula is C36H36N6O7. The Morgan fingerprint density at radius 3 is 2.53 bits per heavy atom. The van der Waals surface area contributed by atoms with Crippen molar-refractivity contribution in [2.45, 2.75) is 50.6 Å². The van der Waals surface area contributed by atoms with Crippen LogP contribution in [0.3, 0.4) is 0 Å². The van der Waals surface area contributed by atoms with E-state index < -0.39 is 29.7 Å². The summed E-state index contributed by atoms with van der Waals surface area (Å²) >= 11 is 0. The number of hydroxylamine groups is 1. The van der Waals surface area contributed by atoms with Crippen molar-refractivity contribution in [3.63, 3.8) is 0 Å². The first-order valence-corrected chi connectivity index (χ1v) is 16.5. The summed E-state index contributed by atoms with van der Waals surface area (Å²) in [5.41, 5.74) is 9.29. The Bertz CT molecular complexity index is 1910. The molecular weight excluding hydrogens is 628 g/mol. The molecule has 1 aliphatic carbocycles. The predicted octanol–water partition coefficient (Wildman–Crippen LogP) is 3.51. The summed E-state index contributed by atoms with van der Waals surface area (Å²) in [6.45, 7) is 2.24. The number of nitrogens with zero attached hydrogens (tertiary/aromatic N) is 4. The van der Waals surface area contributed by atoms with E-state index in [0.717, 1.165) is 46.5 Å². The molecule has 4 amide bonds. The number of amides is 4. The monoisotopic (exact) mass is 664 g/mol. The molecule has 49 heavy (non-hydrogen) atoms. The van der Waals surface area contributed by atoms with Crippen LogP contribution in [0.4, 0.5) is 0 Å². The average molecular weight is 665 g/mol. The molecule has 3 N–H and O–H groups in total.